The zero-order valence-electron chi connectivity index (χ0n) is 12.9. The number of carbonyl (C=O) groups is 2. The highest BCUT2D eigenvalue weighted by molar-refractivity contribution is 5.95. The molecule has 1 saturated heterocycles. The standard InChI is InChI=1S/C16H23N3O2/c1-12(20)13-6-8-14(9-7-13)17-16(21)19(3)15-5-4-10-18(2)11-15/h6-9,15H,4-5,10-11H2,1-3H3,(H,17,21). The second kappa shape index (κ2) is 6.72. The highest BCUT2D eigenvalue weighted by atomic mass is 16.2. The number of amides is 2. The zero-order chi connectivity index (χ0) is 15.4. The van der Waals surface area contributed by atoms with Gasteiger partial charge in [-0.15, -0.1) is 0 Å². The number of piperidine rings is 1. The molecule has 1 aliphatic rings. The summed E-state index contributed by atoms with van der Waals surface area (Å²) < 4.78 is 0. The van der Waals surface area contributed by atoms with Gasteiger partial charge in [0.1, 0.15) is 0 Å². The number of nitrogens with one attached hydrogen (secondary N) is 1. The van der Waals surface area contributed by atoms with Crippen molar-refractivity contribution in [2.45, 2.75) is 25.8 Å². The summed E-state index contributed by atoms with van der Waals surface area (Å²) in [6.45, 7) is 3.53. The Bertz CT molecular complexity index is 513. The average molecular weight is 289 g/mol. The van der Waals surface area contributed by atoms with E-state index in [2.05, 4.69) is 17.3 Å². The smallest absolute Gasteiger partial charge is 0.321 e. The van der Waals surface area contributed by atoms with Crippen molar-refractivity contribution in [2.75, 3.05) is 32.5 Å². The fraction of sp³-hybridized carbons (Fsp3) is 0.500. The molecular formula is C16H23N3O2. The van der Waals surface area contributed by atoms with Gasteiger partial charge in [-0.1, -0.05) is 0 Å². The van der Waals surface area contributed by atoms with Crippen LogP contribution in [0.3, 0.4) is 0 Å². The van der Waals surface area contributed by atoms with Crippen molar-refractivity contribution in [2.24, 2.45) is 0 Å². The van der Waals surface area contributed by atoms with Crippen LogP contribution in [0.1, 0.15) is 30.1 Å². The third kappa shape index (κ3) is 4.04. The molecule has 0 bridgehead atoms. The molecule has 0 aliphatic carbocycles. The highest BCUT2D eigenvalue weighted by Gasteiger charge is 2.24. The van der Waals surface area contributed by atoms with E-state index in [0.717, 1.165) is 25.9 Å². The minimum absolute atomic E-state index is 0.0234. The Kier molecular flexibility index (Phi) is 4.96. The largest absolute Gasteiger partial charge is 0.323 e. The van der Waals surface area contributed by atoms with Crippen molar-refractivity contribution in [1.29, 1.82) is 0 Å². The molecule has 1 atom stereocenters. The van der Waals surface area contributed by atoms with Crippen LogP contribution < -0.4 is 5.32 Å². The number of anilines is 1. The lowest BCUT2D eigenvalue weighted by molar-refractivity contribution is 0.101. The number of hydrogen-bond donors (Lipinski definition) is 1. The predicted molar refractivity (Wildman–Crippen MR) is 83.7 cm³/mol. The third-order valence-electron chi connectivity index (χ3n) is 4.01. The highest BCUT2D eigenvalue weighted by Crippen LogP contribution is 2.16. The van der Waals surface area contributed by atoms with Crippen LogP contribution in [0.4, 0.5) is 10.5 Å². The fourth-order valence-electron chi connectivity index (χ4n) is 2.62. The molecule has 5 heteroatoms. The van der Waals surface area contributed by atoms with Gasteiger partial charge in [-0.25, -0.2) is 4.79 Å². The van der Waals surface area contributed by atoms with Gasteiger partial charge in [0.15, 0.2) is 5.78 Å². The van der Waals surface area contributed by atoms with E-state index < -0.39 is 0 Å². The molecule has 1 heterocycles. The van der Waals surface area contributed by atoms with Crippen LogP contribution in [-0.2, 0) is 0 Å². The number of hydrogen-bond acceptors (Lipinski definition) is 3. The van der Waals surface area contributed by atoms with Crippen LogP contribution in [0.2, 0.25) is 0 Å². The van der Waals surface area contributed by atoms with Crippen molar-refractivity contribution in [1.82, 2.24) is 9.80 Å². The van der Waals surface area contributed by atoms with E-state index in [4.69, 9.17) is 0 Å². The molecule has 1 aromatic carbocycles. The van der Waals surface area contributed by atoms with Crippen LogP contribution in [-0.4, -0.2) is 54.8 Å². The van der Waals surface area contributed by atoms with Gasteiger partial charge in [0, 0.05) is 30.9 Å². The van der Waals surface area contributed by atoms with E-state index in [0.29, 0.717) is 11.3 Å². The molecular weight excluding hydrogens is 266 g/mol. The maximum absolute atomic E-state index is 12.3. The van der Waals surface area contributed by atoms with Gasteiger partial charge in [0.25, 0.3) is 0 Å². The number of likely N-dealkylation sites (N-methyl/N-ethyl adjacent to an activating group) is 2. The Balaban J connectivity index is 1.95. The first-order valence-electron chi connectivity index (χ1n) is 7.30. The summed E-state index contributed by atoms with van der Waals surface area (Å²) in [6, 6.07) is 7.12. The lowest BCUT2D eigenvalue weighted by Gasteiger charge is -2.35. The van der Waals surface area contributed by atoms with Crippen molar-refractivity contribution >= 4 is 17.5 Å². The Morgan fingerprint density at radius 3 is 2.52 bits per heavy atom. The molecule has 2 amide bonds. The van der Waals surface area contributed by atoms with Gasteiger partial charge in [-0.2, -0.15) is 0 Å². The van der Waals surface area contributed by atoms with E-state index in [1.807, 2.05) is 7.05 Å². The molecule has 1 aliphatic heterocycles. The molecule has 114 valence electrons. The molecule has 2 rings (SSSR count). The molecule has 0 spiro atoms. The lowest BCUT2D eigenvalue weighted by Crippen LogP contribution is -2.48. The summed E-state index contributed by atoms with van der Waals surface area (Å²) in [7, 11) is 3.92. The monoisotopic (exact) mass is 289 g/mol. The van der Waals surface area contributed by atoms with Crippen LogP contribution in [0.15, 0.2) is 24.3 Å². The fourth-order valence-corrected chi connectivity index (χ4v) is 2.62. The topological polar surface area (TPSA) is 52.7 Å². The number of urea groups is 1. The molecule has 5 nitrogen and oxygen atoms in total. The number of ketones is 1. The van der Waals surface area contributed by atoms with E-state index in [9.17, 15) is 9.59 Å². The van der Waals surface area contributed by atoms with Gasteiger partial charge in [-0.05, 0) is 57.6 Å². The number of carbonyl (C=O) groups excluding carboxylic acids is 2. The lowest BCUT2D eigenvalue weighted by atomic mass is 10.1. The Morgan fingerprint density at radius 2 is 1.95 bits per heavy atom. The van der Waals surface area contributed by atoms with Gasteiger partial charge in [0.05, 0.1) is 0 Å². The summed E-state index contributed by atoms with van der Waals surface area (Å²) in [4.78, 5) is 27.5. The number of Topliss-reactive ketones (excluding diaryl/α,β-unsaturated/α-hetero) is 1. The molecule has 0 aromatic heterocycles. The molecule has 1 fully saturated rings. The Hall–Kier alpha value is -1.88. The van der Waals surface area contributed by atoms with Gasteiger partial charge < -0.3 is 15.1 Å². The third-order valence-corrected chi connectivity index (χ3v) is 4.01. The first kappa shape index (κ1) is 15.5. The van der Waals surface area contributed by atoms with Crippen LogP contribution in [0.25, 0.3) is 0 Å². The van der Waals surface area contributed by atoms with Crippen LogP contribution in [0.5, 0.6) is 0 Å². The van der Waals surface area contributed by atoms with Gasteiger partial charge in [-0.3, -0.25) is 4.79 Å². The minimum Gasteiger partial charge on any atom is -0.323 e. The minimum atomic E-state index is -0.106. The second-order valence-corrected chi connectivity index (χ2v) is 5.73. The summed E-state index contributed by atoms with van der Waals surface area (Å²) in [5, 5.41) is 2.88. The maximum atomic E-state index is 12.3. The number of rotatable bonds is 3. The summed E-state index contributed by atoms with van der Waals surface area (Å²) in [5.74, 6) is 0.0234. The van der Waals surface area contributed by atoms with Crippen LogP contribution in [0, 0.1) is 0 Å². The first-order valence-corrected chi connectivity index (χ1v) is 7.30. The molecule has 1 N–H and O–H groups in total. The average Bonchev–Trinajstić information content (AvgIpc) is 2.47. The number of likely N-dealkylation sites (tertiary alicyclic amines) is 1. The van der Waals surface area contributed by atoms with Gasteiger partial charge in [0.2, 0.25) is 0 Å². The zero-order valence-corrected chi connectivity index (χ0v) is 12.9. The van der Waals surface area contributed by atoms with E-state index >= 15 is 0 Å². The Morgan fingerprint density at radius 1 is 1.29 bits per heavy atom. The van der Waals surface area contributed by atoms with Gasteiger partial charge >= 0.3 is 6.03 Å². The first-order chi connectivity index (χ1) is 9.97. The molecule has 1 aromatic rings. The molecule has 0 saturated carbocycles. The number of benzene rings is 1. The predicted octanol–water partition coefficient (Wildman–Crippen LogP) is 2.45. The molecule has 1 unspecified atom stereocenters. The second-order valence-electron chi connectivity index (χ2n) is 5.73. The van der Waals surface area contributed by atoms with Crippen molar-refractivity contribution < 1.29 is 9.59 Å². The van der Waals surface area contributed by atoms with Crippen LogP contribution >= 0.6 is 0 Å². The van der Waals surface area contributed by atoms with Crippen molar-refractivity contribution in [3.05, 3.63) is 29.8 Å². The summed E-state index contributed by atoms with van der Waals surface area (Å²) in [6.07, 6.45) is 2.16. The molecule has 0 radical (unpaired) electrons. The normalized spacial score (nSPS) is 19.1. The maximum Gasteiger partial charge on any atom is 0.321 e. The SMILES string of the molecule is CC(=O)c1ccc(NC(=O)N(C)C2CCCN(C)C2)cc1. The van der Waals surface area contributed by atoms with E-state index in [-0.39, 0.29) is 17.9 Å². The van der Waals surface area contributed by atoms with E-state index in [1.54, 1.807) is 29.2 Å². The van der Waals surface area contributed by atoms with Crippen molar-refractivity contribution in [3.8, 4) is 0 Å². The molecule has 21 heavy (non-hydrogen) atoms. The summed E-state index contributed by atoms with van der Waals surface area (Å²) >= 11 is 0. The summed E-state index contributed by atoms with van der Waals surface area (Å²) in [5.41, 5.74) is 1.36. The van der Waals surface area contributed by atoms with E-state index in [1.165, 1.54) is 6.92 Å². The number of nitrogens with zero attached hydrogens (tertiary/aromatic N) is 2. The quantitative estimate of drug-likeness (QED) is 0.870. The van der Waals surface area contributed by atoms with Crippen molar-refractivity contribution in [3.63, 3.8) is 0 Å². The Labute approximate surface area is 125 Å².